The molecule has 0 spiro atoms. The number of rotatable bonds is 9. The third-order valence-electron chi connectivity index (χ3n) is 5.52. The van der Waals surface area contributed by atoms with Gasteiger partial charge < -0.3 is 19.8 Å². The van der Waals surface area contributed by atoms with E-state index in [0.29, 0.717) is 17.6 Å². The van der Waals surface area contributed by atoms with Crippen molar-refractivity contribution >= 4 is 28.8 Å². The van der Waals surface area contributed by atoms with Crippen LogP contribution < -0.4 is 0 Å². The number of hydrogen-bond acceptors (Lipinski definition) is 4. The number of aryl methyl sites for hydroxylation is 1. The van der Waals surface area contributed by atoms with Crippen LogP contribution in [0.15, 0.2) is 67.3 Å². The lowest BCUT2D eigenvalue weighted by Gasteiger charge is -2.26. The maximum absolute atomic E-state index is 8.00. The number of allylic oxidation sites excluding steroid dienone is 3. The van der Waals surface area contributed by atoms with Gasteiger partial charge in [0, 0.05) is 23.8 Å². The number of halogens is 1. The summed E-state index contributed by atoms with van der Waals surface area (Å²) in [4.78, 5) is 9.18. The van der Waals surface area contributed by atoms with Crippen LogP contribution in [0.1, 0.15) is 45.4 Å². The molecule has 0 radical (unpaired) electrons. The number of hydrogen-bond donors (Lipinski definition) is 1. The number of unbranched alkanes of at least 4 members (excludes halogenated alkanes) is 1. The molecule has 1 fully saturated rings. The molecule has 6 heteroatoms. The van der Waals surface area contributed by atoms with Crippen LogP contribution in [0.2, 0.25) is 5.02 Å². The second-order valence-electron chi connectivity index (χ2n) is 7.47. The summed E-state index contributed by atoms with van der Waals surface area (Å²) in [7, 11) is 0. The van der Waals surface area contributed by atoms with E-state index in [2.05, 4.69) is 34.1 Å². The molecule has 0 unspecified atom stereocenters. The fourth-order valence-electron chi connectivity index (χ4n) is 4.00. The molecule has 31 heavy (non-hydrogen) atoms. The quantitative estimate of drug-likeness (QED) is 0.277. The Balaban J connectivity index is 0.00000132. The van der Waals surface area contributed by atoms with Crippen LogP contribution >= 0.6 is 11.6 Å². The Hall–Kier alpha value is -2.79. The first kappa shape index (κ1) is 22.9. The Bertz CT molecular complexity index is 1030. The van der Waals surface area contributed by atoms with E-state index in [1.54, 1.807) is 0 Å². The highest BCUT2D eigenvalue weighted by molar-refractivity contribution is 6.31. The topological polar surface area (TPSA) is 48.2 Å². The van der Waals surface area contributed by atoms with E-state index in [1.807, 2.05) is 44.2 Å². The zero-order valence-electron chi connectivity index (χ0n) is 18.6. The molecule has 5 nitrogen and oxygen atoms in total. The normalized spacial score (nSPS) is 15.9. The van der Waals surface area contributed by atoms with Gasteiger partial charge in [0.1, 0.15) is 11.6 Å². The van der Waals surface area contributed by atoms with E-state index in [1.165, 1.54) is 6.21 Å². The monoisotopic (exact) mass is 437 g/mol. The molecule has 1 saturated carbocycles. The number of benzene rings is 1. The van der Waals surface area contributed by atoms with Crippen molar-refractivity contribution in [3.8, 4) is 0 Å². The summed E-state index contributed by atoms with van der Waals surface area (Å²) in [6, 6.07) is 6.30. The summed E-state index contributed by atoms with van der Waals surface area (Å²) >= 11 is 6.20. The SMILES string of the molecule is C=CCCCn1c(CN2C(=C)N(C3CC3)C(C=C)=C2C=N)nc2cc(Cl)ccc21.CC. The van der Waals surface area contributed by atoms with Gasteiger partial charge in [-0.15, -0.1) is 6.58 Å². The molecule has 4 rings (SSSR count). The van der Waals surface area contributed by atoms with Gasteiger partial charge in [-0.25, -0.2) is 4.98 Å². The number of fused-ring (bicyclic) bond motifs is 1. The molecular formula is C25H32ClN5. The van der Waals surface area contributed by atoms with E-state index in [9.17, 15) is 0 Å². The minimum Gasteiger partial charge on any atom is -0.326 e. The van der Waals surface area contributed by atoms with Crippen molar-refractivity contribution in [2.75, 3.05) is 0 Å². The minimum absolute atomic E-state index is 0.459. The summed E-state index contributed by atoms with van der Waals surface area (Å²) in [5, 5.41) is 8.68. The van der Waals surface area contributed by atoms with Gasteiger partial charge in [-0.1, -0.05) is 44.7 Å². The molecule has 0 bridgehead atoms. The lowest BCUT2D eigenvalue weighted by Crippen LogP contribution is -2.27. The highest BCUT2D eigenvalue weighted by atomic mass is 35.5. The molecule has 2 heterocycles. The number of imidazole rings is 1. The predicted molar refractivity (Wildman–Crippen MR) is 131 cm³/mol. The Labute approximate surface area is 190 Å². The summed E-state index contributed by atoms with van der Waals surface area (Å²) in [5.74, 6) is 1.83. The first-order chi connectivity index (χ1) is 15.1. The van der Waals surface area contributed by atoms with Crippen molar-refractivity contribution in [2.45, 2.75) is 58.7 Å². The number of nitrogens with one attached hydrogen (secondary N) is 1. The molecule has 0 saturated heterocycles. The largest absolute Gasteiger partial charge is 0.326 e. The second-order valence-corrected chi connectivity index (χ2v) is 7.90. The lowest BCUT2D eigenvalue weighted by molar-refractivity contribution is 0.328. The smallest absolute Gasteiger partial charge is 0.129 e. The highest BCUT2D eigenvalue weighted by Crippen LogP contribution is 2.41. The van der Waals surface area contributed by atoms with Gasteiger partial charge in [0.25, 0.3) is 0 Å². The zero-order chi connectivity index (χ0) is 22.5. The first-order valence-corrected chi connectivity index (χ1v) is 11.3. The van der Waals surface area contributed by atoms with Gasteiger partial charge in [0.2, 0.25) is 0 Å². The molecule has 1 aliphatic carbocycles. The van der Waals surface area contributed by atoms with Gasteiger partial charge in [0.05, 0.1) is 29.0 Å². The van der Waals surface area contributed by atoms with Crippen LogP contribution in [-0.4, -0.2) is 31.6 Å². The summed E-state index contributed by atoms with van der Waals surface area (Å²) in [5.41, 5.74) is 3.74. The van der Waals surface area contributed by atoms with E-state index >= 15 is 0 Å². The van der Waals surface area contributed by atoms with E-state index in [0.717, 1.165) is 66.3 Å². The average Bonchev–Trinajstić information content (AvgIpc) is 3.51. The maximum Gasteiger partial charge on any atom is 0.129 e. The van der Waals surface area contributed by atoms with Gasteiger partial charge in [-0.05, 0) is 50.0 Å². The third kappa shape index (κ3) is 4.47. The van der Waals surface area contributed by atoms with Crippen molar-refractivity contribution in [1.82, 2.24) is 19.4 Å². The van der Waals surface area contributed by atoms with E-state index in [-0.39, 0.29) is 0 Å². The fraction of sp³-hybridized carbons (Fsp3) is 0.360. The zero-order valence-corrected chi connectivity index (χ0v) is 19.3. The Morgan fingerprint density at radius 2 is 1.97 bits per heavy atom. The second kappa shape index (κ2) is 10.0. The van der Waals surface area contributed by atoms with Gasteiger partial charge in [-0.3, -0.25) is 0 Å². The molecule has 1 N–H and O–H groups in total. The Kier molecular flexibility index (Phi) is 7.39. The van der Waals surface area contributed by atoms with E-state index < -0.39 is 0 Å². The molecule has 1 aliphatic heterocycles. The summed E-state index contributed by atoms with van der Waals surface area (Å²) in [6.07, 6.45) is 9.40. The van der Waals surface area contributed by atoms with Crippen molar-refractivity contribution in [3.63, 3.8) is 0 Å². The van der Waals surface area contributed by atoms with Crippen LogP contribution in [0.3, 0.4) is 0 Å². The van der Waals surface area contributed by atoms with Crippen LogP contribution in [0, 0.1) is 5.41 Å². The van der Waals surface area contributed by atoms with Crippen LogP contribution in [0.5, 0.6) is 0 Å². The minimum atomic E-state index is 0.459. The molecular weight excluding hydrogens is 406 g/mol. The van der Waals surface area contributed by atoms with Crippen molar-refractivity contribution < 1.29 is 0 Å². The standard InChI is InChI=1S/C23H26ClN5.C2H6/c1-4-6-7-12-27-21-11-8-17(24)13-19(21)26-23(27)15-28-16(3)29(18-9-10-18)20(5-2)22(28)14-25;1-2/h4-5,8,11,13-14,18,25H,1-3,6-7,9-10,12,15H2;1-2H3. The van der Waals surface area contributed by atoms with Crippen molar-refractivity contribution in [3.05, 3.63) is 78.2 Å². The van der Waals surface area contributed by atoms with Gasteiger partial charge >= 0.3 is 0 Å². The molecule has 0 atom stereocenters. The molecule has 2 aliphatic rings. The molecule has 2 aromatic rings. The fourth-order valence-corrected chi connectivity index (χ4v) is 4.17. The summed E-state index contributed by atoms with van der Waals surface area (Å²) in [6.45, 7) is 17.5. The van der Waals surface area contributed by atoms with Crippen molar-refractivity contribution in [1.29, 1.82) is 5.41 Å². The van der Waals surface area contributed by atoms with Crippen LogP contribution in [-0.2, 0) is 13.1 Å². The number of nitrogens with zero attached hydrogens (tertiary/aromatic N) is 4. The molecule has 1 aromatic heterocycles. The highest BCUT2D eigenvalue weighted by Gasteiger charge is 2.40. The Morgan fingerprint density at radius 1 is 1.23 bits per heavy atom. The average molecular weight is 438 g/mol. The van der Waals surface area contributed by atoms with Crippen molar-refractivity contribution in [2.24, 2.45) is 0 Å². The van der Waals surface area contributed by atoms with Gasteiger partial charge in [-0.2, -0.15) is 0 Å². The first-order valence-electron chi connectivity index (χ1n) is 11.0. The maximum atomic E-state index is 8.00. The molecule has 1 aromatic carbocycles. The third-order valence-corrected chi connectivity index (χ3v) is 5.76. The molecule has 0 amide bonds. The number of aromatic nitrogens is 2. The van der Waals surface area contributed by atoms with Crippen LogP contribution in [0.25, 0.3) is 11.0 Å². The van der Waals surface area contributed by atoms with E-state index in [4.69, 9.17) is 22.0 Å². The van der Waals surface area contributed by atoms with Crippen LogP contribution in [0.4, 0.5) is 0 Å². The predicted octanol–water partition coefficient (Wildman–Crippen LogP) is 6.48. The molecule has 164 valence electrons. The van der Waals surface area contributed by atoms with Gasteiger partial charge in [0.15, 0.2) is 0 Å². The lowest BCUT2D eigenvalue weighted by atomic mass is 10.2. The summed E-state index contributed by atoms with van der Waals surface area (Å²) < 4.78 is 2.25. The Morgan fingerprint density at radius 3 is 2.58 bits per heavy atom.